The second kappa shape index (κ2) is 7.63. The number of ketones is 1. The van der Waals surface area contributed by atoms with Crippen LogP contribution in [0.25, 0.3) is 0 Å². The minimum absolute atomic E-state index is 0.0331. The molecule has 0 unspecified atom stereocenters. The van der Waals surface area contributed by atoms with Crippen LogP contribution in [0.2, 0.25) is 0 Å². The van der Waals surface area contributed by atoms with Crippen LogP contribution < -0.4 is 10.7 Å². The number of para-hydroxylation sites is 1. The fourth-order valence-corrected chi connectivity index (χ4v) is 1.78. The third-order valence-corrected chi connectivity index (χ3v) is 2.90. The Morgan fingerprint density at radius 2 is 1.79 bits per heavy atom. The van der Waals surface area contributed by atoms with E-state index in [0.717, 1.165) is 0 Å². The van der Waals surface area contributed by atoms with Gasteiger partial charge in [-0.1, -0.05) is 18.2 Å². The molecular weight excluding hydrogens is 312 g/mol. The Labute approximate surface area is 137 Å². The molecule has 0 saturated heterocycles. The molecule has 2 aromatic rings. The topological polar surface area (TPSA) is 121 Å². The standard InChI is InChI=1S/C16H14N4O4/c1-10(21)14(15(22)18-13-8-4-5-9-17-13)20-19-12-7-3-2-6-11(12)16(23)24/h2-9,19H,1H3,(H,23,24)(H,17,18,22)/b20-14+. The average molecular weight is 326 g/mol. The van der Waals surface area contributed by atoms with E-state index in [1.807, 2.05) is 0 Å². The van der Waals surface area contributed by atoms with Crippen molar-refractivity contribution in [3.8, 4) is 0 Å². The molecule has 8 heteroatoms. The number of nitrogens with zero attached hydrogens (tertiary/aromatic N) is 2. The molecule has 1 aromatic heterocycles. The van der Waals surface area contributed by atoms with Crippen LogP contribution in [0, 0.1) is 0 Å². The van der Waals surface area contributed by atoms with E-state index in [1.54, 1.807) is 30.3 Å². The average Bonchev–Trinajstić information content (AvgIpc) is 2.56. The lowest BCUT2D eigenvalue weighted by atomic mass is 10.2. The molecule has 0 spiro atoms. The van der Waals surface area contributed by atoms with Gasteiger partial charge in [0.25, 0.3) is 5.91 Å². The Morgan fingerprint density at radius 1 is 1.08 bits per heavy atom. The Balaban J connectivity index is 2.22. The van der Waals surface area contributed by atoms with E-state index in [4.69, 9.17) is 5.11 Å². The SMILES string of the molecule is CC(=O)/C(=N\Nc1ccccc1C(=O)O)C(=O)Nc1ccccn1. The van der Waals surface area contributed by atoms with Crippen molar-refractivity contribution in [1.82, 2.24) is 4.98 Å². The van der Waals surface area contributed by atoms with Gasteiger partial charge in [0.1, 0.15) is 5.82 Å². The first-order valence-electron chi connectivity index (χ1n) is 6.88. The van der Waals surface area contributed by atoms with E-state index in [-0.39, 0.29) is 17.1 Å². The Kier molecular flexibility index (Phi) is 5.35. The van der Waals surface area contributed by atoms with Gasteiger partial charge in [0.2, 0.25) is 0 Å². The Hall–Kier alpha value is -3.55. The molecule has 3 N–H and O–H groups in total. The van der Waals surface area contributed by atoms with Crippen molar-refractivity contribution in [2.24, 2.45) is 5.10 Å². The van der Waals surface area contributed by atoms with E-state index in [2.05, 4.69) is 20.8 Å². The quantitative estimate of drug-likeness (QED) is 0.423. The van der Waals surface area contributed by atoms with Gasteiger partial charge in [-0.25, -0.2) is 9.78 Å². The molecule has 0 bridgehead atoms. The minimum Gasteiger partial charge on any atom is -0.478 e. The van der Waals surface area contributed by atoms with Gasteiger partial charge in [-0.15, -0.1) is 0 Å². The number of pyridine rings is 1. The van der Waals surface area contributed by atoms with Gasteiger partial charge in [-0.3, -0.25) is 15.0 Å². The van der Waals surface area contributed by atoms with Gasteiger partial charge in [-0.05, 0) is 24.3 Å². The third-order valence-electron chi connectivity index (χ3n) is 2.90. The minimum atomic E-state index is -1.16. The van der Waals surface area contributed by atoms with Crippen LogP contribution in [0.15, 0.2) is 53.8 Å². The zero-order valence-electron chi connectivity index (χ0n) is 12.7. The zero-order chi connectivity index (χ0) is 17.5. The first kappa shape index (κ1) is 16.8. The molecule has 0 atom stereocenters. The van der Waals surface area contributed by atoms with Crippen LogP contribution in [0.5, 0.6) is 0 Å². The van der Waals surface area contributed by atoms with Crippen LogP contribution in [-0.2, 0) is 9.59 Å². The van der Waals surface area contributed by atoms with Gasteiger partial charge < -0.3 is 10.4 Å². The van der Waals surface area contributed by atoms with Crippen molar-refractivity contribution in [3.63, 3.8) is 0 Å². The molecular formula is C16H14N4O4. The predicted octanol–water partition coefficient (Wildman–Crippen LogP) is 1.78. The third kappa shape index (κ3) is 4.23. The van der Waals surface area contributed by atoms with Gasteiger partial charge in [-0.2, -0.15) is 5.10 Å². The Morgan fingerprint density at radius 3 is 2.42 bits per heavy atom. The summed E-state index contributed by atoms with van der Waals surface area (Å²) in [5.74, 6) is -2.22. The molecule has 0 saturated carbocycles. The van der Waals surface area contributed by atoms with Gasteiger partial charge in [0.05, 0.1) is 11.3 Å². The van der Waals surface area contributed by atoms with Crippen LogP contribution in [0.4, 0.5) is 11.5 Å². The molecule has 2 rings (SSSR count). The number of anilines is 2. The maximum atomic E-state index is 12.1. The molecule has 1 aromatic carbocycles. The number of rotatable bonds is 6. The highest BCUT2D eigenvalue weighted by atomic mass is 16.4. The highest BCUT2D eigenvalue weighted by Crippen LogP contribution is 2.14. The lowest BCUT2D eigenvalue weighted by Crippen LogP contribution is -2.29. The zero-order valence-corrected chi connectivity index (χ0v) is 12.7. The van der Waals surface area contributed by atoms with Crippen molar-refractivity contribution in [3.05, 3.63) is 54.2 Å². The number of carbonyl (C=O) groups is 3. The first-order valence-corrected chi connectivity index (χ1v) is 6.88. The van der Waals surface area contributed by atoms with E-state index in [9.17, 15) is 14.4 Å². The number of hydrogen-bond acceptors (Lipinski definition) is 6. The van der Waals surface area contributed by atoms with E-state index in [0.29, 0.717) is 0 Å². The lowest BCUT2D eigenvalue weighted by molar-refractivity contribution is -0.114. The summed E-state index contributed by atoms with van der Waals surface area (Å²) in [4.78, 5) is 38.8. The molecule has 0 fully saturated rings. The van der Waals surface area contributed by atoms with Crippen LogP contribution in [-0.4, -0.2) is 33.5 Å². The number of benzene rings is 1. The highest BCUT2D eigenvalue weighted by Gasteiger charge is 2.18. The summed E-state index contributed by atoms with van der Waals surface area (Å²) in [6, 6.07) is 10.9. The highest BCUT2D eigenvalue weighted by molar-refractivity contribution is 6.67. The number of nitrogens with one attached hydrogen (secondary N) is 2. The number of aromatic nitrogens is 1. The fourth-order valence-electron chi connectivity index (χ4n) is 1.78. The number of Topliss-reactive ketones (excluding diaryl/α,β-unsaturated/α-hetero) is 1. The van der Waals surface area contributed by atoms with E-state index >= 15 is 0 Å². The number of carbonyl (C=O) groups excluding carboxylic acids is 2. The number of amides is 1. The second-order valence-electron chi connectivity index (χ2n) is 4.65. The largest absolute Gasteiger partial charge is 0.478 e. The maximum absolute atomic E-state index is 12.1. The number of aromatic carboxylic acids is 1. The van der Waals surface area contributed by atoms with Crippen molar-refractivity contribution < 1.29 is 19.5 Å². The molecule has 122 valence electrons. The van der Waals surface area contributed by atoms with Gasteiger partial charge in [0, 0.05) is 13.1 Å². The van der Waals surface area contributed by atoms with Crippen molar-refractivity contribution in [2.75, 3.05) is 10.7 Å². The molecule has 24 heavy (non-hydrogen) atoms. The summed E-state index contributed by atoms with van der Waals surface area (Å²) in [5.41, 5.74) is 2.17. The summed E-state index contributed by atoms with van der Waals surface area (Å²) in [6.45, 7) is 1.18. The summed E-state index contributed by atoms with van der Waals surface area (Å²) in [5, 5.41) is 15.3. The molecule has 0 aliphatic heterocycles. The molecule has 1 heterocycles. The summed E-state index contributed by atoms with van der Waals surface area (Å²) in [7, 11) is 0. The van der Waals surface area contributed by atoms with E-state index < -0.39 is 23.4 Å². The van der Waals surface area contributed by atoms with Gasteiger partial charge >= 0.3 is 5.97 Å². The first-order chi connectivity index (χ1) is 11.5. The lowest BCUT2D eigenvalue weighted by Gasteiger charge is -2.07. The van der Waals surface area contributed by atoms with Crippen LogP contribution in [0.3, 0.4) is 0 Å². The maximum Gasteiger partial charge on any atom is 0.337 e. The number of hydrogen-bond donors (Lipinski definition) is 3. The van der Waals surface area contributed by atoms with Gasteiger partial charge in [0.15, 0.2) is 11.5 Å². The Bertz CT molecular complexity index is 803. The second-order valence-corrected chi connectivity index (χ2v) is 4.65. The molecule has 0 aliphatic rings. The summed E-state index contributed by atoms with van der Waals surface area (Å²) in [6.07, 6.45) is 1.49. The summed E-state index contributed by atoms with van der Waals surface area (Å²) < 4.78 is 0. The van der Waals surface area contributed by atoms with Crippen LogP contribution >= 0.6 is 0 Å². The van der Waals surface area contributed by atoms with Crippen molar-refractivity contribution >= 4 is 34.9 Å². The fraction of sp³-hybridized carbons (Fsp3) is 0.0625. The molecule has 0 radical (unpaired) electrons. The molecule has 0 aliphatic carbocycles. The number of hydrazone groups is 1. The number of carboxylic acids is 1. The molecule has 8 nitrogen and oxygen atoms in total. The van der Waals surface area contributed by atoms with Crippen LogP contribution in [0.1, 0.15) is 17.3 Å². The smallest absolute Gasteiger partial charge is 0.337 e. The molecule has 1 amide bonds. The van der Waals surface area contributed by atoms with Crippen molar-refractivity contribution in [1.29, 1.82) is 0 Å². The monoisotopic (exact) mass is 326 g/mol. The van der Waals surface area contributed by atoms with E-state index in [1.165, 1.54) is 25.3 Å². The van der Waals surface area contributed by atoms with Crippen molar-refractivity contribution in [2.45, 2.75) is 6.92 Å². The normalized spacial score (nSPS) is 10.8. The summed E-state index contributed by atoms with van der Waals surface area (Å²) >= 11 is 0. The predicted molar refractivity (Wildman–Crippen MR) is 88.0 cm³/mol. The number of carboxylic acid groups (broad SMARTS) is 1.